The van der Waals surface area contributed by atoms with Crippen molar-refractivity contribution in [3.8, 4) is 0 Å². The van der Waals surface area contributed by atoms with Crippen molar-refractivity contribution >= 4 is 17.6 Å². The molecule has 1 aliphatic carbocycles. The Kier molecular flexibility index (Phi) is 5.58. The third-order valence-corrected chi connectivity index (χ3v) is 6.24. The largest absolute Gasteiger partial charge is 0.353 e. The van der Waals surface area contributed by atoms with Crippen LogP contribution in [0.15, 0.2) is 41.9 Å². The lowest BCUT2D eigenvalue weighted by Gasteiger charge is -2.39. The Bertz CT molecular complexity index is 817. The van der Waals surface area contributed by atoms with Crippen molar-refractivity contribution in [2.45, 2.75) is 44.7 Å². The van der Waals surface area contributed by atoms with E-state index in [2.05, 4.69) is 26.7 Å². The molecule has 1 aromatic heterocycles. The Balaban J connectivity index is 1.46. The maximum absolute atomic E-state index is 14.2. The second-order valence-electron chi connectivity index (χ2n) is 7.82. The topological polar surface area (TPSA) is 45.5 Å². The molecule has 1 aliphatic heterocycles. The lowest BCUT2D eigenvalue weighted by molar-refractivity contribution is 0.188. The van der Waals surface area contributed by atoms with Crippen molar-refractivity contribution in [2.24, 2.45) is 10.9 Å². The molecule has 1 saturated carbocycles. The van der Waals surface area contributed by atoms with Gasteiger partial charge < -0.3 is 14.8 Å². The molecule has 5 nitrogen and oxygen atoms in total. The fourth-order valence-electron chi connectivity index (χ4n) is 4.19. The van der Waals surface area contributed by atoms with Crippen molar-refractivity contribution in [1.29, 1.82) is 0 Å². The number of guanidine groups is 1. The van der Waals surface area contributed by atoms with E-state index >= 15 is 0 Å². The van der Waals surface area contributed by atoms with Crippen LogP contribution in [0.25, 0.3) is 0 Å². The molecule has 2 aliphatic rings. The molecule has 0 radical (unpaired) electrons. The molecule has 0 spiro atoms. The van der Waals surface area contributed by atoms with E-state index in [-0.39, 0.29) is 17.8 Å². The highest BCUT2D eigenvalue weighted by Gasteiger charge is 2.43. The minimum Gasteiger partial charge on any atom is -0.353 e. The van der Waals surface area contributed by atoms with E-state index in [4.69, 9.17) is 16.6 Å². The quantitative estimate of drug-likeness (QED) is 0.618. The van der Waals surface area contributed by atoms with Crippen molar-refractivity contribution in [3.05, 3.63) is 53.3 Å². The van der Waals surface area contributed by atoms with Gasteiger partial charge in [0.05, 0.1) is 12.4 Å². The number of rotatable bonds is 4. The maximum Gasteiger partial charge on any atom is 0.194 e. The second kappa shape index (κ2) is 8.11. The molecule has 4 atom stereocenters. The van der Waals surface area contributed by atoms with Crippen LogP contribution < -0.4 is 5.32 Å². The van der Waals surface area contributed by atoms with E-state index in [0.717, 1.165) is 31.9 Å². The van der Waals surface area contributed by atoms with E-state index in [1.807, 2.05) is 25.6 Å². The first kappa shape index (κ1) is 19.2. The first-order valence-corrected chi connectivity index (χ1v) is 10.4. The molecular weight excluding hydrogens is 377 g/mol. The van der Waals surface area contributed by atoms with Crippen molar-refractivity contribution in [3.63, 3.8) is 0 Å². The number of nitrogens with zero attached hydrogens (tertiary/aromatic N) is 4. The van der Waals surface area contributed by atoms with Gasteiger partial charge in [0.25, 0.3) is 0 Å². The van der Waals surface area contributed by atoms with Crippen LogP contribution in [0.2, 0.25) is 5.02 Å². The molecule has 7 heteroatoms. The van der Waals surface area contributed by atoms with Crippen LogP contribution in [0.3, 0.4) is 0 Å². The summed E-state index contributed by atoms with van der Waals surface area (Å²) in [4.78, 5) is 11.3. The summed E-state index contributed by atoms with van der Waals surface area (Å²) in [5, 5.41) is 4.08. The highest BCUT2D eigenvalue weighted by Crippen LogP contribution is 2.45. The molecule has 2 fully saturated rings. The van der Waals surface area contributed by atoms with Gasteiger partial charge in [-0.1, -0.05) is 24.6 Å². The highest BCUT2D eigenvalue weighted by molar-refractivity contribution is 6.31. The van der Waals surface area contributed by atoms with E-state index < -0.39 is 0 Å². The number of piperidine rings is 1. The number of nitrogens with one attached hydrogen (secondary N) is 1. The molecule has 1 aromatic carbocycles. The Morgan fingerprint density at radius 1 is 1.43 bits per heavy atom. The smallest absolute Gasteiger partial charge is 0.194 e. The minimum atomic E-state index is -0.220. The molecule has 1 saturated heterocycles. The van der Waals surface area contributed by atoms with Crippen LogP contribution in [0.4, 0.5) is 4.39 Å². The molecule has 2 heterocycles. The molecule has 0 amide bonds. The van der Waals surface area contributed by atoms with Gasteiger partial charge in [0.1, 0.15) is 5.82 Å². The molecule has 4 unspecified atom stereocenters. The molecule has 0 bridgehead atoms. The third kappa shape index (κ3) is 3.88. The normalized spacial score (nSPS) is 27.7. The predicted octanol–water partition coefficient (Wildman–Crippen LogP) is 4.08. The SMILES string of the molecule is CCN=C(NC1CC1c1c(F)cccc1Cl)N1CCC(C)C(n2ccnc2)C1. The van der Waals surface area contributed by atoms with Gasteiger partial charge in [0.2, 0.25) is 0 Å². The molecule has 28 heavy (non-hydrogen) atoms. The Morgan fingerprint density at radius 2 is 2.29 bits per heavy atom. The van der Waals surface area contributed by atoms with Gasteiger partial charge in [-0.25, -0.2) is 9.37 Å². The summed E-state index contributed by atoms with van der Waals surface area (Å²) in [7, 11) is 0. The summed E-state index contributed by atoms with van der Waals surface area (Å²) < 4.78 is 16.4. The van der Waals surface area contributed by atoms with Gasteiger partial charge in [0, 0.05) is 54.6 Å². The first-order chi connectivity index (χ1) is 13.6. The summed E-state index contributed by atoms with van der Waals surface area (Å²) >= 11 is 6.25. The summed E-state index contributed by atoms with van der Waals surface area (Å²) in [5.41, 5.74) is 0.626. The highest BCUT2D eigenvalue weighted by atomic mass is 35.5. The number of likely N-dealkylation sites (tertiary alicyclic amines) is 1. The van der Waals surface area contributed by atoms with Gasteiger partial charge in [-0.05, 0) is 37.8 Å². The standard InChI is InChI=1S/C21H27ClFN5/c1-3-25-21(26-18-11-15(18)20-16(22)5-4-6-17(20)23)27-9-7-14(2)19(12-27)28-10-8-24-13-28/h4-6,8,10,13-15,18-19H,3,7,9,11-12H2,1-2H3,(H,25,26). The van der Waals surface area contributed by atoms with Gasteiger partial charge in [0.15, 0.2) is 5.96 Å². The van der Waals surface area contributed by atoms with E-state index in [1.165, 1.54) is 6.07 Å². The maximum atomic E-state index is 14.2. The van der Waals surface area contributed by atoms with Crippen molar-refractivity contribution in [1.82, 2.24) is 19.8 Å². The van der Waals surface area contributed by atoms with E-state index in [0.29, 0.717) is 29.1 Å². The predicted molar refractivity (Wildman–Crippen MR) is 110 cm³/mol. The lowest BCUT2D eigenvalue weighted by atomic mass is 9.93. The van der Waals surface area contributed by atoms with Crippen LogP contribution >= 0.6 is 11.6 Å². The molecule has 150 valence electrons. The molecular formula is C21H27ClFN5. The number of hydrogen-bond acceptors (Lipinski definition) is 2. The Morgan fingerprint density at radius 3 is 3.00 bits per heavy atom. The summed E-state index contributed by atoms with van der Waals surface area (Å²) in [6.45, 7) is 6.90. The molecule has 4 rings (SSSR count). The van der Waals surface area contributed by atoms with Crippen LogP contribution in [-0.4, -0.2) is 46.1 Å². The summed E-state index contributed by atoms with van der Waals surface area (Å²) in [6, 6.07) is 5.44. The van der Waals surface area contributed by atoms with Crippen molar-refractivity contribution < 1.29 is 4.39 Å². The zero-order chi connectivity index (χ0) is 19.7. The lowest BCUT2D eigenvalue weighted by Crippen LogP contribution is -2.49. The van der Waals surface area contributed by atoms with Crippen LogP contribution in [-0.2, 0) is 0 Å². The van der Waals surface area contributed by atoms with Crippen molar-refractivity contribution in [2.75, 3.05) is 19.6 Å². The Hall–Kier alpha value is -2.08. The first-order valence-electron chi connectivity index (χ1n) is 10.1. The molecule has 2 aromatic rings. The number of hydrogen-bond donors (Lipinski definition) is 1. The zero-order valence-corrected chi connectivity index (χ0v) is 17.1. The Labute approximate surface area is 170 Å². The van der Waals surface area contributed by atoms with Gasteiger partial charge in [-0.15, -0.1) is 0 Å². The number of imidazole rings is 1. The fraction of sp³-hybridized carbons (Fsp3) is 0.524. The van der Waals surface area contributed by atoms with Gasteiger partial charge >= 0.3 is 0 Å². The number of halogens is 2. The summed E-state index contributed by atoms with van der Waals surface area (Å²) in [6.07, 6.45) is 7.73. The average Bonchev–Trinajstić information content (AvgIpc) is 3.19. The van der Waals surface area contributed by atoms with Gasteiger partial charge in [-0.3, -0.25) is 4.99 Å². The van der Waals surface area contributed by atoms with Crippen LogP contribution in [0, 0.1) is 11.7 Å². The van der Waals surface area contributed by atoms with Crippen LogP contribution in [0.1, 0.15) is 44.2 Å². The minimum absolute atomic E-state index is 0.101. The fourth-order valence-corrected chi connectivity index (χ4v) is 4.49. The number of benzene rings is 1. The average molecular weight is 404 g/mol. The zero-order valence-electron chi connectivity index (χ0n) is 16.4. The second-order valence-corrected chi connectivity index (χ2v) is 8.22. The third-order valence-electron chi connectivity index (χ3n) is 5.91. The molecule has 1 N–H and O–H groups in total. The van der Waals surface area contributed by atoms with E-state index in [9.17, 15) is 4.39 Å². The van der Waals surface area contributed by atoms with E-state index in [1.54, 1.807) is 12.1 Å². The van der Waals surface area contributed by atoms with Crippen LogP contribution in [0.5, 0.6) is 0 Å². The monoisotopic (exact) mass is 403 g/mol. The number of aliphatic imine (C=N–C) groups is 1. The summed E-state index contributed by atoms with van der Waals surface area (Å²) in [5.74, 6) is 1.38. The number of aromatic nitrogens is 2. The van der Waals surface area contributed by atoms with Gasteiger partial charge in [-0.2, -0.15) is 0 Å².